The van der Waals surface area contributed by atoms with E-state index in [0.717, 1.165) is 43.0 Å². The lowest BCUT2D eigenvalue weighted by Crippen LogP contribution is -2.28. The third kappa shape index (κ3) is 5.55. The van der Waals surface area contributed by atoms with Gasteiger partial charge in [0.15, 0.2) is 0 Å². The molecule has 1 aliphatic heterocycles. The first-order valence-corrected chi connectivity index (χ1v) is 11.2. The molecule has 0 bridgehead atoms. The molecule has 0 saturated carbocycles. The second kappa shape index (κ2) is 8.87. The Balaban J connectivity index is 1.52. The van der Waals surface area contributed by atoms with E-state index in [4.69, 9.17) is 0 Å². The monoisotopic (exact) mass is 409 g/mol. The van der Waals surface area contributed by atoms with E-state index in [1.807, 2.05) is 19.1 Å². The van der Waals surface area contributed by atoms with Gasteiger partial charge < -0.3 is 4.90 Å². The quantitative estimate of drug-likeness (QED) is 0.509. The fraction of sp³-hybridized carbons (Fsp3) is 0.471. The third-order valence-corrected chi connectivity index (χ3v) is 6.98. The van der Waals surface area contributed by atoms with Crippen LogP contribution in [0.2, 0.25) is 0 Å². The van der Waals surface area contributed by atoms with Crippen LogP contribution in [-0.2, 0) is 10.0 Å². The van der Waals surface area contributed by atoms with Crippen molar-refractivity contribution in [1.29, 1.82) is 0 Å². The number of amides is 1. The van der Waals surface area contributed by atoms with Gasteiger partial charge in [-0.25, -0.2) is 13.1 Å². The van der Waals surface area contributed by atoms with Gasteiger partial charge in [-0.15, -0.1) is 10.2 Å². The molecular formula is C17H23N5O3S2. The van der Waals surface area contributed by atoms with E-state index in [0.29, 0.717) is 12.1 Å². The van der Waals surface area contributed by atoms with Crippen molar-refractivity contribution in [1.82, 2.24) is 19.8 Å². The maximum absolute atomic E-state index is 12.3. The molecule has 10 heteroatoms. The number of carbonyl (C=O) groups excluding carboxylic acids is 1. The Morgan fingerprint density at radius 1 is 1.19 bits per heavy atom. The first-order valence-electron chi connectivity index (χ1n) is 8.87. The van der Waals surface area contributed by atoms with Gasteiger partial charge in [-0.2, -0.15) is 0 Å². The van der Waals surface area contributed by atoms with Crippen LogP contribution in [0.5, 0.6) is 0 Å². The lowest BCUT2D eigenvalue weighted by Gasteiger charge is -2.13. The van der Waals surface area contributed by atoms with E-state index >= 15 is 0 Å². The molecule has 0 radical (unpaired) electrons. The van der Waals surface area contributed by atoms with Crippen LogP contribution in [0.4, 0.5) is 5.13 Å². The summed E-state index contributed by atoms with van der Waals surface area (Å²) in [5.74, 6) is -0.353. The number of aromatic nitrogens is 2. The summed E-state index contributed by atoms with van der Waals surface area (Å²) in [4.78, 5) is 14.5. The van der Waals surface area contributed by atoms with Crippen molar-refractivity contribution in [3.8, 4) is 0 Å². The molecule has 2 heterocycles. The molecule has 1 amide bonds. The summed E-state index contributed by atoms with van der Waals surface area (Å²) in [5.41, 5.74) is 1.52. The Hall–Kier alpha value is -1.88. The Bertz CT molecular complexity index is 874. The molecular weight excluding hydrogens is 386 g/mol. The number of aryl methyl sites for hydroxylation is 1. The van der Waals surface area contributed by atoms with Gasteiger partial charge in [-0.3, -0.25) is 10.1 Å². The minimum absolute atomic E-state index is 0.150. The minimum Gasteiger partial charge on any atom is -0.303 e. The maximum atomic E-state index is 12.3. The Morgan fingerprint density at radius 3 is 2.59 bits per heavy atom. The van der Waals surface area contributed by atoms with Gasteiger partial charge in [0.1, 0.15) is 0 Å². The van der Waals surface area contributed by atoms with E-state index in [2.05, 4.69) is 25.1 Å². The number of likely N-dealkylation sites (tertiary alicyclic amines) is 1. The number of hydrogen-bond acceptors (Lipinski definition) is 7. The van der Waals surface area contributed by atoms with Crippen LogP contribution in [0, 0.1) is 6.92 Å². The molecule has 1 aromatic heterocycles. The molecule has 1 aliphatic rings. The topological polar surface area (TPSA) is 104 Å². The molecule has 27 heavy (non-hydrogen) atoms. The van der Waals surface area contributed by atoms with Crippen molar-refractivity contribution in [3.05, 3.63) is 35.4 Å². The first-order chi connectivity index (χ1) is 12.9. The zero-order valence-electron chi connectivity index (χ0n) is 15.1. The van der Waals surface area contributed by atoms with Gasteiger partial charge in [0.05, 0.1) is 0 Å². The molecule has 0 aliphatic carbocycles. The van der Waals surface area contributed by atoms with Crippen LogP contribution in [0.25, 0.3) is 0 Å². The van der Waals surface area contributed by atoms with E-state index in [9.17, 15) is 13.2 Å². The molecule has 0 unspecified atom stereocenters. The number of nitrogens with zero attached hydrogens (tertiary/aromatic N) is 3. The highest BCUT2D eigenvalue weighted by molar-refractivity contribution is 7.91. The van der Waals surface area contributed by atoms with E-state index in [1.54, 1.807) is 12.1 Å². The smallest absolute Gasteiger partial charge is 0.269 e. The molecule has 1 saturated heterocycles. The number of benzene rings is 1. The average Bonchev–Trinajstić information content (AvgIpc) is 3.31. The van der Waals surface area contributed by atoms with Crippen molar-refractivity contribution >= 4 is 32.4 Å². The van der Waals surface area contributed by atoms with Crippen molar-refractivity contribution in [2.45, 2.75) is 30.5 Å². The van der Waals surface area contributed by atoms with Crippen LogP contribution in [0.3, 0.4) is 0 Å². The predicted molar refractivity (Wildman–Crippen MR) is 105 cm³/mol. The summed E-state index contributed by atoms with van der Waals surface area (Å²) in [6.45, 7) is 5.35. The van der Waals surface area contributed by atoms with Crippen molar-refractivity contribution in [2.75, 3.05) is 31.5 Å². The summed E-state index contributed by atoms with van der Waals surface area (Å²) >= 11 is 0.834. The molecule has 0 spiro atoms. The fourth-order valence-electron chi connectivity index (χ4n) is 2.82. The van der Waals surface area contributed by atoms with Gasteiger partial charge in [0.2, 0.25) is 9.47 Å². The first kappa shape index (κ1) is 19.9. The lowest BCUT2D eigenvalue weighted by molar-refractivity contribution is 0.102. The van der Waals surface area contributed by atoms with Gasteiger partial charge in [-0.1, -0.05) is 29.0 Å². The average molecular weight is 410 g/mol. The van der Waals surface area contributed by atoms with Gasteiger partial charge in [-0.05, 0) is 58.0 Å². The highest BCUT2D eigenvalue weighted by atomic mass is 32.2. The largest absolute Gasteiger partial charge is 0.303 e. The number of rotatable bonds is 8. The molecule has 8 nitrogen and oxygen atoms in total. The standard InChI is InChI=1S/C17H23N5O3S2/c1-13-5-7-14(8-6-13)15(23)19-16-20-21-17(26-16)27(24,25)18-9-4-12-22-10-2-3-11-22/h5-8,18H,2-4,9-12H2,1H3,(H,19,20,23). The summed E-state index contributed by atoms with van der Waals surface area (Å²) in [6.07, 6.45) is 3.18. The third-order valence-electron chi connectivity index (χ3n) is 4.31. The molecule has 0 atom stereocenters. The Labute approximate surface area is 163 Å². The van der Waals surface area contributed by atoms with Crippen molar-refractivity contribution in [3.63, 3.8) is 0 Å². The Morgan fingerprint density at radius 2 is 1.89 bits per heavy atom. The summed E-state index contributed by atoms with van der Waals surface area (Å²) in [7, 11) is -3.72. The van der Waals surface area contributed by atoms with Gasteiger partial charge >= 0.3 is 0 Å². The van der Waals surface area contributed by atoms with Crippen LogP contribution in [0.1, 0.15) is 35.2 Å². The molecule has 2 N–H and O–H groups in total. The highest BCUT2D eigenvalue weighted by Crippen LogP contribution is 2.20. The summed E-state index contributed by atoms with van der Waals surface area (Å²) in [5, 5.41) is 10.2. The lowest BCUT2D eigenvalue weighted by atomic mass is 10.1. The zero-order valence-corrected chi connectivity index (χ0v) is 16.8. The van der Waals surface area contributed by atoms with Crippen LogP contribution in [-0.4, -0.2) is 55.6 Å². The Kier molecular flexibility index (Phi) is 6.53. The van der Waals surface area contributed by atoms with E-state index in [-0.39, 0.29) is 15.4 Å². The second-order valence-electron chi connectivity index (χ2n) is 6.49. The molecule has 3 rings (SSSR count). The summed E-state index contributed by atoms with van der Waals surface area (Å²) in [6, 6.07) is 7.06. The van der Waals surface area contributed by atoms with Gasteiger partial charge in [0.25, 0.3) is 15.9 Å². The molecule has 146 valence electrons. The van der Waals surface area contributed by atoms with E-state index < -0.39 is 10.0 Å². The summed E-state index contributed by atoms with van der Waals surface area (Å²) < 4.78 is 27.0. The van der Waals surface area contributed by atoms with Gasteiger partial charge in [0, 0.05) is 12.1 Å². The normalized spacial score (nSPS) is 15.1. The van der Waals surface area contributed by atoms with Crippen LogP contribution in [0.15, 0.2) is 28.6 Å². The fourth-order valence-corrected chi connectivity index (χ4v) is 4.83. The maximum Gasteiger partial charge on any atom is 0.269 e. The zero-order chi connectivity index (χ0) is 19.3. The molecule has 1 aromatic carbocycles. The number of sulfonamides is 1. The SMILES string of the molecule is Cc1ccc(C(=O)Nc2nnc(S(=O)(=O)NCCCN3CCCC3)s2)cc1. The van der Waals surface area contributed by atoms with Crippen molar-refractivity contribution in [2.24, 2.45) is 0 Å². The van der Waals surface area contributed by atoms with Crippen LogP contribution < -0.4 is 10.0 Å². The van der Waals surface area contributed by atoms with Crippen molar-refractivity contribution < 1.29 is 13.2 Å². The molecule has 1 fully saturated rings. The number of hydrogen-bond donors (Lipinski definition) is 2. The van der Waals surface area contributed by atoms with E-state index in [1.165, 1.54) is 12.8 Å². The molecule has 2 aromatic rings. The second-order valence-corrected chi connectivity index (χ2v) is 9.41. The minimum atomic E-state index is -3.72. The van der Waals surface area contributed by atoms with Crippen LogP contribution >= 0.6 is 11.3 Å². The predicted octanol–water partition coefficient (Wildman–Crippen LogP) is 1.86. The number of anilines is 1. The number of carbonyl (C=O) groups is 1. The number of nitrogens with one attached hydrogen (secondary N) is 2. The highest BCUT2D eigenvalue weighted by Gasteiger charge is 2.21.